The van der Waals surface area contributed by atoms with Crippen molar-refractivity contribution >= 4 is 28.2 Å². The summed E-state index contributed by atoms with van der Waals surface area (Å²) < 4.78 is 2.04. The molecule has 3 rings (SSSR count). The monoisotopic (exact) mass is 299 g/mol. The molecule has 0 bridgehead atoms. The van der Waals surface area contributed by atoms with E-state index in [1.807, 2.05) is 35.9 Å². The van der Waals surface area contributed by atoms with Gasteiger partial charge in [-0.25, -0.2) is 0 Å². The first-order valence-electron chi connectivity index (χ1n) is 7.13. The van der Waals surface area contributed by atoms with Crippen LogP contribution in [-0.2, 0) is 13.1 Å². The molecule has 3 nitrogen and oxygen atoms in total. The Kier molecular flexibility index (Phi) is 3.84. The Labute approximate surface area is 129 Å². The first-order valence-corrected chi connectivity index (χ1v) is 7.51. The van der Waals surface area contributed by atoms with E-state index in [0.29, 0.717) is 6.54 Å². The van der Waals surface area contributed by atoms with E-state index in [2.05, 4.69) is 35.5 Å². The molecule has 108 valence electrons. The van der Waals surface area contributed by atoms with E-state index in [9.17, 15) is 0 Å². The van der Waals surface area contributed by atoms with Gasteiger partial charge in [-0.1, -0.05) is 35.9 Å². The lowest BCUT2D eigenvalue weighted by Gasteiger charge is -2.06. The van der Waals surface area contributed by atoms with Crippen LogP contribution in [0.5, 0.6) is 0 Å². The topological polar surface area (TPSA) is 29.9 Å². The molecule has 1 heterocycles. The Bertz CT molecular complexity index is 777. The largest absolute Gasteiger partial charge is 0.379 e. The fraction of sp³-hybridized carbons (Fsp3) is 0.235. The molecular weight excluding hydrogens is 282 g/mol. The number of hydrogen-bond donors (Lipinski definition) is 1. The highest BCUT2D eigenvalue weighted by Gasteiger charge is 2.08. The number of halogens is 1. The van der Waals surface area contributed by atoms with Crippen molar-refractivity contribution < 1.29 is 0 Å². The fourth-order valence-corrected chi connectivity index (χ4v) is 2.64. The van der Waals surface area contributed by atoms with Crippen LogP contribution in [0.3, 0.4) is 0 Å². The molecule has 0 spiro atoms. The van der Waals surface area contributed by atoms with Gasteiger partial charge in [-0.2, -0.15) is 5.10 Å². The maximum atomic E-state index is 6.16. The highest BCUT2D eigenvalue weighted by molar-refractivity contribution is 6.31. The van der Waals surface area contributed by atoms with Gasteiger partial charge < -0.3 is 5.32 Å². The number of benzene rings is 2. The number of nitrogens with one attached hydrogen (secondary N) is 1. The van der Waals surface area contributed by atoms with Crippen LogP contribution >= 0.6 is 11.6 Å². The summed E-state index contributed by atoms with van der Waals surface area (Å²) in [7, 11) is 0. The molecule has 0 aliphatic heterocycles. The minimum Gasteiger partial charge on any atom is -0.379 e. The van der Waals surface area contributed by atoms with Crippen molar-refractivity contribution in [1.82, 2.24) is 9.78 Å². The SMILES string of the molecule is CCn1nc(CNc2ccc(C)c(Cl)c2)c2ccccc21. The molecule has 0 unspecified atom stereocenters. The molecule has 1 aromatic heterocycles. The number of rotatable bonds is 4. The second-order valence-electron chi connectivity index (χ2n) is 5.10. The predicted molar refractivity (Wildman–Crippen MR) is 88.9 cm³/mol. The number of aryl methyl sites for hydroxylation is 2. The van der Waals surface area contributed by atoms with Crippen LogP contribution in [0.1, 0.15) is 18.2 Å². The third-order valence-electron chi connectivity index (χ3n) is 3.67. The van der Waals surface area contributed by atoms with E-state index in [1.165, 1.54) is 10.9 Å². The average Bonchev–Trinajstić information content (AvgIpc) is 2.87. The predicted octanol–water partition coefficient (Wildman–Crippen LogP) is 4.63. The summed E-state index contributed by atoms with van der Waals surface area (Å²) in [5, 5.41) is 10.1. The van der Waals surface area contributed by atoms with Gasteiger partial charge >= 0.3 is 0 Å². The smallest absolute Gasteiger partial charge is 0.0894 e. The van der Waals surface area contributed by atoms with Crippen LogP contribution in [0.4, 0.5) is 5.69 Å². The second kappa shape index (κ2) is 5.78. The lowest BCUT2D eigenvalue weighted by Crippen LogP contribution is -2.02. The van der Waals surface area contributed by atoms with Gasteiger partial charge in [0.15, 0.2) is 0 Å². The first kappa shape index (κ1) is 14.0. The van der Waals surface area contributed by atoms with Gasteiger partial charge in [-0.05, 0) is 37.6 Å². The Morgan fingerprint density at radius 3 is 2.76 bits per heavy atom. The van der Waals surface area contributed by atoms with Crippen molar-refractivity contribution in [2.24, 2.45) is 0 Å². The van der Waals surface area contributed by atoms with Crippen LogP contribution in [0.15, 0.2) is 42.5 Å². The summed E-state index contributed by atoms with van der Waals surface area (Å²) in [4.78, 5) is 0. The Hall–Kier alpha value is -2.00. The zero-order chi connectivity index (χ0) is 14.8. The molecule has 0 saturated carbocycles. The number of aromatic nitrogens is 2. The summed E-state index contributed by atoms with van der Waals surface area (Å²) in [6.07, 6.45) is 0. The lowest BCUT2D eigenvalue weighted by molar-refractivity contribution is 0.671. The van der Waals surface area contributed by atoms with E-state index in [-0.39, 0.29) is 0 Å². The molecule has 1 N–H and O–H groups in total. The Morgan fingerprint density at radius 1 is 1.19 bits per heavy atom. The van der Waals surface area contributed by atoms with Gasteiger partial charge in [-0.3, -0.25) is 4.68 Å². The van der Waals surface area contributed by atoms with E-state index >= 15 is 0 Å². The molecule has 0 atom stereocenters. The van der Waals surface area contributed by atoms with Gasteiger partial charge in [0, 0.05) is 22.6 Å². The molecule has 0 radical (unpaired) electrons. The summed E-state index contributed by atoms with van der Waals surface area (Å²) in [6, 6.07) is 14.3. The molecule has 21 heavy (non-hydrogen) atoms. The maximum Gasteiger partial charge on any atom is 0.0894 e. The molecular formula is C17H18ClN3. The molecule has 0 amide bonds. The second-order valence-corrected chi connectivity index (χ2v) is 5.50. The summed E-state index contributed by atoms with van der Waals surface area (Å²) in [5.41, 5.74) is 4.34. The van der Waals surface area contributed by atoms with Gasteiger partial charge in [0.25, 0.3) is 0 Å². The van der Waals surface area contributed by atoms with E-state index in [4.69, 9.17) is 11.6 Å². The zero-order valence-electron chi connectivity index (χ0n) is 12.2. The minimum atomic E-state index is 0.687. The van der Waals surface area contributed by atoms with Crippen molar-refractivity contribution in [1.29, 1.82) is 0 Å². The first-order chi connectivity index (χ1) is 10.2. The molecule has 0 fully saturated rings. The number of hydrogen-bond acceptors (Lipinski definition) is 2. The van der Waals surface area contributed by atoms with Crippen LogP contribution in [0.2, 0.25) is 5.02 Å². The summed E-state index contributed by atoms with van der Waals surface area (Å²) in [5.74, 6) is 0. The van der Waals surface area contributed by atoms with Crippen LogP contribution < -0.4 is 5.32 Å². The van der Waals surface area contributed by atoms with Gasteiger partial charge in [0.2, 0.25) is 0 Å². The summed E-state index contributed by atoms with van der Waals surface area (Å²) >= 11 is 6.16. The van der Waals surface area contributed by atoms with Crippen molar-refractivity contribution in [3.63, 3.8) is 0 Å². The van der Waals surface area contributed by atoms with Gasteiger partial charge in [0.1, 0.15) is 0 Å². The fourth-order valence-electron chi connectivity index (χ4n) is 2.46. The number of fused-ring (bicyclic) bond motifs is 1. The normalized spacial score (nSPS) is 11.0. The third-order valence-corrected chi connectivity index (χ3v) is 4.07. The van der Waals surface area contributed by atoms with Crippen LogP contribution in [-0.4, -0.2) is 9.78 Å². The quantitative estimate of drug-likeness (QED) is 0.761. The molecule has 2 aromatic carbocycles. The summed E-state index contributed by atoms with van der Waals surface area (Å²) in [6.45, 7) is 5.67. The van der Waals surface area contributed by atoms with Gasteiger partial charge in [0.05, 0.1) is 17.8 Å². The van der Waals surface area contributed by atoms with Crippen molar-refractivity contribution in [2.45, 2.75) is 26.9 Å². The van der Waals surface area contributed by atoms with E-state index in [1.54, 1.807) is 0 Å². The lowest BCUT2D eigenvalue weighted by atomic mass is 10.2. The van der Waals surface area contributed by atoms with Crippen molar-refractivity contribution in [2.75, 3.05) is 5.32 Å². The Morgan fingerprint density at radius 2 is 2.00 bits per heavy atom. The number of anilines is 1. The average molecular weight is 300 g/mol. The number of para-hydroxylation sites is 1. The van der Waals surface area contributed by atoms with Gasteiger partial charge in [-0.15, -0.1) is 0 Å². The maximum absolute atomic E-state index is 6.16. The van der Waals surface area contributed by atoms with Crippen molar-refractivity contribution in [3.05, 3.63) is 58.7 Å². The van der Waals surface area contributed by atoms with Crippen LogP contribution in [0.25, 0.3) is 10.9 Å². The number of nitrogens with zero attached hydrogens (tertiary/aromatic N) is 2. The molecule has 3 aromatic rings. The molecule has 0 aliphatic rings. The van der Waals surface area contributed by atoms with Crippen LogP contribution in [0, 0.1) is 6.92 Å². The molecule has 0 aliphatic carbocycles. The van der Waals surface area contributed by atoms with Crippen molar-refractivity contribution in [3.8, 4) is 0 Å². The minimum absolute atomic E-state index is 0.687. The molecule has 0 saturated heterocycles. The van der Waals surface area contributed by atoms with E-state index in [0.717, 1.165) is 28.5 Å². The molecule has 4 heteroatoms. The Balaban J connectivity index is 1.86. The standard InChI is InChI=1S/C17H18ClN3/c1-3-21-17-7-5-4-6-14(17)16(20-21)11-19-13-9-8-12(2)15(18)10-13/h4-10,19H,3,11H2,1-2H3. The highest BCUT2D eigenvalue weighted by Crippen LogP contribution is 2.22. The van der Waals surface area contributed by atoms with E-state index < -0.39 is 0 Å². The third kappa shape index (κ3) is 2.74. The zero-order valence-corrected chi connectivity index (χ0v) is 13.0. The highest BCUT2D eigenvalue weighted by atomic mass is 35.5.